The normalized spacial score (nSPS) is 15.4. The van der Waals surface area contributed by atoms with Crippen molar-refractivity contribution in [1.82, 2.24) is 16.0 Å². The standard InChI is InChI=1S/C23H43N3O6/c1-11-15(6)18(26-22(30)32-23(7,8)9)20(28)25-17(14(4)5)19(27)24-16(12-13(2)3)21(29)31-10/h13-18H,11-12H2,1-10H3,(H,24,27)(H,25,28)(H,26,30)/t15-,16-,17-,18-/m0/s1. The minimum absolute atomic E-state index is 0.152. The number of carbonyl (C=O) groups is 4. The molecule has 0 aliphatic carbocycles. The Kier molecular flexibility index (Phi) is 12.3. The van der Waals surface area contributed by atoms with Crippen LogP contribution in [0.2, 0.25) is 0 Å². The van der Waals surface area contributed by atoms with Gasteiger partial charge in [0.25, 0.3) is 0 Å². The predicted molar refractivity (Wildman–Crippen MR) is 123 cm³/mol. The van der Waals surface area contributed by atoms with Crippen molar-refractivity contribution in [3.05, 3.63) is 0 Å². The Balaban J connectivity index is 5.50. The van der Waals surface area contributed by atoms with Crippen LogP contribution in [0.5, 0.6) is 0 Å². The number of amides is 3. The van der Waals surface area contributed by atoms with Crippen molar-refractivity contribution in [2.45, 2.75) is 98.9 Å². The van der Waals surface area contributed by atoms with Crippen LogP contribution in [0.3, 0.4) is 0 Å². The van der Waals surface area contributed by atoms with Crippen molar-refractivity contribution in [2.24, 2.45) is 17.8 Å². The molecular formula is C23H43N3O6. The van der Waals surface area contributed by atoms with E-state index < -0.39 is 47.6 Å². The summed E-state index contributed by atoms with van der Waals surface area (Å²) < 4.78 is 10.1. The van der Waals surface area contributed by atoms with Gasteiger partial charge in [0.2, 0.25) is 11.8 Å². The van der Waals surface area contributed by atoms with Crippen molar-refractivity contribution >= 4 is 23.9 Å². The van der Waals surface area contributed by atoms with Gasteiger partial charge in [-0.15, -0.1) is 0 Å². The highest BCUT2D eigenvalue weighted by Crippen LogP contribution is 2.13. The Hall–Kier alpha value is -2.32. The second kappa shape index (κ2) is 13.3. The third kappa shape index (κ3) is 10.8. The fourth-order valence-electron chi connectivity index (χ4n) is 3.00. The van der Waals surface area contributed by atoms with Gasteiger partial charge in [-0.1, -0.05) is 48.0 Å². The predicted octanol–water partition coefficient (Wildman–Crippen LogP) is 2.77. The number of methoxy groups -OCH3 is 1. The number of carbonyl (C=O) groups excluding carboxylic acids is 4. The molecule has 4 atom stereocenters. The van der Waals surface area contributed by atoms with Gasteiger partial charge in [-0.3, -0.25) is 9.59 Å². The van der Waals surface area contributed by atoms with Gasteiger partial charge in [0.1, 0.15) is 23.7 Å². The molecule has 0 unspecified atom stereocenters. The van der Waals surface area contributed by atoms with Gasteiger partial charge in [-0.05, 0) is 44.9 Å². The first-order valence-electron chi connectivity index (χ1n) is 11.3. The molecule has 0 aromatic heterocycles. The van der Waals surface area contributed by atoms with E-state index in [1.54, 1.807) is 34.6 Å². The first-order chi connectivity index (χ1) is 14.6. The molecule has 0 saturated carbocycles. The van der Waals surface area contributed by atoms with Crippen molar-refractivity contribution in [3.8, 4) is 0 Å². The SMILES string of the molecule is CC[C@H](C)[C@H](NC(=O)OC(C)(C)C)C(=O)N[C@H](C(=O)N[C@@H](CC(C)C)C(=O)OC)C(C)C. The van der Waals surface area contributed by atoms with E-state index in [0.29, 0.717) is 12.8 Å². The highest BCUT2D eigenvalue weighted by molar-refractivity contribution is 5.93. The first kappa shape index (κ1) is 29.7. The van der Waals surface area contributed by atoms with Gasteiger partial charge in [0.15, 0.2) is 0 Å². The van der Waals surface area contributed by atoms with E-state index in [1.165, 1.54) is 7.11 Å². The maximum absolute atomic E-state index is 13.1. The number of hydrogen-bond donors (Lipinski definition) is 3. The number of nitrogens with one attached hydrogen (secondary N) is 3. The summed E-state index contributed by atoms with van der Waals surface area (Å²) >= 11 is 0. The van der Waals surface area contributed by atoms with E-state index in [2.05, 4.69) is 16.0 Å². The topological polar surface area (TPSA) is 123 Å². The molecule has 9 heteroatoms. The molecule has 0 saturated heterocycles. The van der Waals surface area contributed by atoms with Crippen LogP contribution in [0.1, 0.15) is 75.2 Å². The molecule has 0 aromatic carbocycles. The average molecular weight is 458 g/mol. The molecule has 9 nitrogen and oxygen atoms in total. The summed E-state index contributed by atoms with van der Waals surface area (Å²) in [4.78, 5) is 50.4. The van der Waals surface area contributed by atoms with Gasteiger partial charge >= 0.3 is 12.1 Å². The Labute approximate surface area is 192 Å². The summed E-state index contributed by atoms with van der Waals surface area (Å²) in [5.74, 6) is -1.80. The molecule has 3 amide bonds. The Morgan fingerprint density at radius 2 is 1.38 bits per heavy atom. The van der Waals surface area contributed by atoms with Crippen LogP contribution in [0.4, 0.5) is 4.79 Å². The maximum atomic E-state index is 13.1. The van der Waals surface area contributed by atoms with Crippen LogP contribution in [0.25, 0.3) is 0 Å². The lowest BCUT2D eigenvalue weighted by atomic mass is 9.96. The molecule has 0 aliphatic rings. The summed E-state index contributed by atoms with van der Waals surface area (Å²) in [6, 6.07) is -2.58. The zero-order valence-corrected chi connectivity index (χ0v) is 21.3. The second-order valence-electron chi connectivity index (χ2n) is 9.95. The third-order valence-corrected chi connectivity index (χ3v) is 4.92. The molecule has 0 spiro atoms. The van der Waals surface area contributed by atoms with Crippen LogP contribution in [0.15, 0.2) is 0 Å². The quantitative estimate of drug-likeness (QED) is 0.410. The average Bonchev–Trinajstić information content (AvgIpc) is 2.66. The summed E-state index contributed by atoms with van der Waals surface area (Å²) in [6.07, 6.45) is 0.337. The number of alkyl carbamates (subject to hydrolysis) is 1. The van der Waals surface area contributed by atoms with E-state index in [9.17, 15) is 19.2 Å². The van der Waals surface area contributed by atoms with E-state index in [1.807, 2.05) is 27.7 Å². The minimum Gasteiger partial charge on any atom is -0.467 e. The number of ether oxygens (including phenoxy) is 2. The highest BCUT2D eigenvalue weighted by Gasteiger charge is 2.34. The van der Waals surface area contributed by atoms with E-state index in [4.69, 9.17) is 9.47 Å². The van der Waals surface area contributed by atoms with Gasteiger partial charge in [0, 0.05) is 0 Å². The van der Waals surface area contributed by atoms with Crippen molar-refractivity contribution in [2.75, 3.05) is 7.11 Å². The molecule has 0 heterocycles. The Bertz CT molecular complexity index is 642. The molecule has 0 aromatic rings. The van der Waals surface area contributed by atoms with Crippen LogP contribution < -0.4 is 16.0 Å². The lowest BCUT2D eigenvalue weighted by Crippen LogP contribution is -2.59. The molecule has 0 rings (SSSR count). The molecule has 0 radical (unpaired) electrons. The summed E-state index contributed by atoms with van der Waals surface area (Å²) in [5.41, 5.74) is -0.708. The van der Waals surface area contributed by atoms with Crippen LogP contribution in [-0.2, 0) is 23.9 Å². The van der Waals surface area contributed by atoms with Crippen LogP contribution in [-0.4, -0.2) is 54.7 Å². The summed E-state index contributed by atoms with van der Waals surface area (Å²) in [5, 5.41) is 8.06. The molecule has 3 N–H and O–H groups in total. The number of hydrogen-bond acceptors (Lipinski definition) is 6. The summed E-state index contributed by atoms with van der Waals surface area (Å²) in [7, 11) is 1.27. The zero-order valence-electron chi connectivity index (χ0n) is 21.3. The highest BCUT2D eigenvalue weighted by atomic mass is 16.6. The van der Waals surface area contributed by atoms with Crippen molar-refractivity contribution in [3.63, 3.8) is 0 Å². The lowest BCUT2D eigenvalue weighted by Gasteiger charge is -2.29. The van der Waals surface area contributed by atoms with Crippen LogP contribution >= 0.6 is 0 Å². The maximum Gasteiger partial charge on any atom is 0.408 e. The second-order valence-corrected chi connectivity index (χ2v) is 9.95. The lowest BCUT2D eigenvalue weighted by molar-refractivity contribution is -0.146. The molecular weight excluding hydrogens is 414 g/mol. The minimum atomic E-state index is -0.895. The monoisotopic (exact) mass is 457 g/mol. The molecule has 186 valence electrons. The third-order valence-electron chi connectivity index (χ3n) is 4.92. The van der Waals surface area contributed by atoms with Crippen molar-refractivity contribution < 1.29 is 28.7 Å². The molecule has 0 aliphatic heterocycles. The molecule has 0 fully saturated rings. The van der Waals surface area contributed by atoms with Gasteiger partial charge < -0.3 is 25.4 Å². The Morgan fingerprint density at radius 3 is 1.78 bits per heavy atom. The number of esters is 1. The number of rotatable bonds is 11. The van der Waals surface area contributed by atoms with E-state index in [-0.39, 0.29) is 17.8 Å². The van der Waals surface area contributed by atoms with Gasteiger partial charge in [0.05, 0.1) is 7.11 Å². The molecule has 32 heavy (non-hydrogen) atoms. The Morgan fingerprint density at radius 1 is 0.844 bits per heavy atom. The van der Waals surface area contributed by atoms with Crippen molar-refractivity contribution in [1.29, 1.82) is 0 Å². The fraction of sp³-hybridized carbons (Fsp3) is 0.826. The van der Waals surface area contributed by atoms with Gasteiger partial charge in [-0.25, -0.2) is 9.59 Å². The zero-order chi connectivity index (χ0) is 25.2. The fourth-order valence-corrected chi connectivity index (χ4v) is 3.00. The largest absolute Gasteiger partial charge is 0.467 e. The summed E-state index contributed by atoms with van der Waals surface area (Å²) in [6.45, 7) is 16.4. The van der Waals surface area contributed by atoms with E-state index in [0.717, 1.165) is 0 Å². The first-order valence-corrected chi connectivity index (χ1v) is 11.3. The van der Waals surface area contributed by atoms with E-state index >= 15 is 0 Å². The molecule has 0 bridgehead atoms. The smallest absolute Gasteiger partial charge is 0.408 e. The van der Waals surface area contributed by atoms with Gasteiger partial charge in [-0.2, -0.15) is 0 Å². The van der Waals surface area contributed by atoms with Crippen LogP contribution in [0, 0.1) is 17.8 Å².